The molecule has 1 aromatic rings. The molecule has 1 aromatic carbocycles. The molecule has 0 saturated carbocycles. The number of ether oxygens (including phenoxy) is 2. The zero-order valence-electron chi connectivity index (χ0n) is 12.0. The highest BCUT2D eigenvalue weighted by Crippen LogP contribution is 2.30. The van der Waals surface area contributed by atoms with E-state index >= 15 is 0 Å². The van der Waals surface area contributed by atoms with Crippen LogP contribution in [0, 0.1) is 5.92 Å². The van der Waals surface area contributed by atoms with Crippen LogP contribution in [-0.4, -0.2) is 45.0 Å². The average molecular weight is 279 g/mol. The Labute approximate surface area is 119 Å². The van der Waals surface area contributed by atoms with E-state index in [0.717, 1.165) is 38.2 Å². The van der Waals surface area contributed by atoms with E-state index in [0.29, 0.717) is 17.2 Å². The van der Waals surface area contributed by atoms with Crippen LogP contribution in [0.2, 0.25) is 0 Å². The number of benzene rings is 1. The fraction of sp³-hybridized carbons (Fsp3) is 0.533. The van der Waals surface area contributed by atoms with Crippen molar-refractivity contribution in [2.24, 2.45) is 5.92 Å². The molecule has 1 heterocycles. The molecule has 0 aromatic heterocycles. The second-order valence-electron chi connectivity index (χ2n) is 5.07. The fourth-order valence-corrected chi connectivity index (χ4v) is 2.66. The van der Waals surface area contributed by atoms with E-state index in [-0.39, 0.29) is 0 Å². The number of piperidine rings is 1. The van der Waals surface area contributed by atoms with Crippen molar-refractivity contribution in [2.45, 2.75) is 12.8 Å². The van der Waals surface area contributed by atoms with Gasteiger partial charge in [0.2, 0.25) is 0 Å². The maximum atomic E-state index is 11.3. The van der Waals surface area contributed by atoms with Gasteiger partial charge in [-0.2, -0.15) is 0 Å². The quantitative estimate of drug-likeness (QED) is 0.896. The predicted molar refractivity (Wildman–Crippen MR) is 76.8 cm³/mol. The van der Waals surface area contributed by atoms with Gasteiger partial charge in [0.25, 0.3) is 0 Å². The maximum absolute atomic E-state index is 11.3. The normalized spacial score (nSPS) is 16.2. The van der Waals surface area contributed by atoms with Gasteiger partial charge >= 0.3 is 5.97 Å². The lowest BCUT2D eigenvalue weighted by molar-refractivity contribution is 0.0697. The molecule has 110 valence electrons. The molecular formula is C15H21NO4. The third-order valence-corrected chi connectivity index (χ3v) is 3.79. The van der Waals surface area contributed by atoms with Gasteiger partial charge in [-0.15, -0.1) is 0 Å². The number of nitrogens with zero attached hydrogens (tertiary/aromatic N) is 1. The Morgan fingerprint density at radius 1 is 1.35 bits per heavy atom. The minimum atomic E-state index is -0.901. The summed E-state index contributed by atoms with van der Waals surface area (Å²) in [6, 6.07) is 5.10. The molecule has 0 bridgehead atoms. The van der Waals surface area contributed by atoms with Crippen LogP contribution in [0.4, 0.5) is 5.69 Å². The summed E-state index contributed by atoms with van der Waals surface area (Å²) in [7, 11) is 3.31. The van der Waals surface area contributed by atoms with E-state index in [1.807, 2.05) is 0 Å². The van der Waals surface area contributed by atoms with Crippen LogP contribution in [0.15, 0.2) is 18.2 Å². The summed E-state index contributed by atoms with van der Waals surface area (Å²) >= 11 is 0. The first-order chi connectivity index (χ1) is 9.65. The smallest absolute Gasteiger partial charge is 0.337 e. The Morgan fingerprint density at radius 2 is 2.05 bits per heavy atom. The lowest BCUT2D eigenvalue weighted by Crippen LogP contribution is -2.35. The molecule has 2 rings (SSSR count). The van der Waals surface area contributed by atoms with Crippen LogP contribution >= 0.6 is 0 Å². The second-order valence-corrected chi connectivity index (χ2v) is 5.07. The van der Waals surface area contributed by atoms with Crippen LogP contribution in [0.5, 0.6) is 5.75 Å². The van der Waals surface area contributed by atoms with Crippen molar-refractivity contribution in [3.8, 4) is 5.75 Å². The van der Waals surface area contributed by atoms with E-state index in [9.17, 15) is 9.90 Å². The fourth-order valence-electron chi connectivity index (χ4n) is 2.66. The van der Waals surface area contributed by atoms with Crippen molar-refractivity contribution in [1.82, 2.24) is 0 Å². The molecule has 0 spiro atoms. The number of rotatable bonds is 5. The number of carbonyl (C=O) groups is 1. The van der Waals surface area contributed by atoms with Crippen LogP contribution in [0.1, 0.15) is 23.2 Å². The molecule has 0 aliphatic carbocycles. The van der Waals surface area contributed by atoms with E-state index in [4.69, 9.17) is 9.47 Å². The van der Waals surface area contributed by atoms with Gasteiger partial charge in [-0.05, 0) is 30.9 Å². The molecule has 1 aliphatic heterocycles. The molecule has 5 heteroatoms. The van der Waals surface area contributed by atoms with E-state index in [1.165, 1.54) is 0 Å². The van der Waals surface area contributed by atoms with Crippen LogP contribution in [0.25, 0.3) is 0 Å². The molecule has 0 atom stereocenters. The molecule has 5 nitrogen and oxygen atoms in total. The summed E-state index contributed by atoms with van der Waals surface area (Å²) in [5, 5.41) is 9.31. The van der Waals surface area contributed by atoms with E-state index in [2.05, 4.69) is 4.90 Å². The molecular weight excluding hydrogens is 258 g/mol. The van der Waals surface area contributed by atoms with Gasteiger partial charge in [-0.1, -0.05) is 0 Å². The summed E-state index contributed by atoms with van der Waals surface area (Å²) in [5.41, 5.74) is 1.07. The van der Waals surface area contributed by atoms with Crippen LogP contribution in [0.3, 0.4) is 0 Å². The first-order valence-corrected chi connectivity index (χ1v) is 6.81. The van der Waals surface area contributed by atoms with Gasteiger partial charge in [0.1, 0.15) is 5.75 Å². The average Bonchev–Trinajstić information content (AvgIpc) is 2.47. The molecule has 1 saturated heterocycles. The molecule has 1 aliphatic rings. The van der Waals surface area contributed by atoms with Crippen molar-refractivity contribution in [2.75, 3.05) is 38.8 Å². The van der Waals surface area contributed by atoms with Gasteiger partial charge < -0.3 is 19.5 Å². The first-order valence-electron chi connectivity index (χ1n) is 6.81. The minimum Gasteiger partial charge on any atom is -0.497 e. The standard InChI is InChI=1S/C15H21NO4/c1-19-10-11-5-7-16(8-6-11)14-9-12(20-2)3-4-13(14)15(17)18/h3-4,9,11H,5-8,10H2,1-2H3,(H,17,18). The first kappa shape index (κ1) is 14.7. The largest absolute Gasteiger partial charge is 0.497 e. The number of carboxylic acid groups (broad SMARTS) is 1. The van der Waals surface area contributed by atoms with Gasteiger partial charge in [0.05, 0.1) is 18.4 Å². The monoisotopic (exact) mass is 279 g/mol. The van der Waals surface area contributed by atoms with Gasteiger partial charge in [0.15, 0.2) is 0 Å². The van der Waals surface area contributed by atoms with Gasteiger partial charge in [-0.25, -0.2) is 4.79 Å². The Kier molecular flexibility index (Phi) is 4.84. The maximum Gasteiger partial charge on any atom is 0.337 e. The molecule has 0 amide bonds. The summed E-state index contributed by atoms with van der Waals surface area (Å²) in [6.07, 6.45) is 2.04. The zero-order chi connectivity index (χ0) is 14.5. The Morgan fingerprint density at radius 3 is 2.60 bits per heavy atom. The molecule has 1 N–H and O–H groups in total. The van der Waals surface area contributed by atoms with Crippen LogP contribution < -0.4 is 9.64 Å². The molecule has 0 radical (unpaired) electrons. The Balaban J connectivity index is 2.17. The Bertz CT molecular complexity index is 467. The molecule has 1 fully saturated rings. The van der Waals surface area contributed by atoms with E-state index in [1.54, 1.807) is 32.4 Å². The summed E-state index contributed by atoms with van der Waals surface area (Å²) in [4.78, 5) is 13.5. The summed E-state index contributed by atoms with van der Waals surface area (Å²) in [6.45, 7) is 2.47. The third-order valence-electron chi connectivity index (χ3n) is 3.79. The number of aromatic carboxylic acids is 1. The zero-order valence-corrected chi connectivity index (χ0v) is 12.0. The number of carboxylic acids is 1. The van der Waals surface area contributed by atoms with E-state index < -0.39 is 5.97 Å². The van der Waals surface area contributed by atoms with Crippen LogP contribution in [-0.2, 0) is 4.74 Å². The second kappa shape index (κ2) is 6.61. The highest BCUT2D eigenvalue weighted by atomic mass is 16.5. The molecule has 20 heavy (non-hydrogen) atoms. The topological polar surface area (TPSA) is 59.0 Å². The highest BCUT2D eigenvalue weighted by Gasteiger charge is 2.23. The lowest BCUT2D eigenvalue weighted by atomic mass is 9.96. The number of hydrogen-bond donors (Lipinski definition) is 1. The van der Waals surface area contributed by atoms with Crippen molar-refractivity contribution < 1.29 is 19.4 Å². The third kappa shape index (κ3) is 3.22. The highest BCUT2D eigenvalue weighted by molar-refractivity contribution is 5.94. The SMILES string of the molecule is COCC1CCN(c2cc(OC)ccc2C(=O)O)CC1. The number of hydrogen-bond acceptors (Lipinski definition) is 4. The summed E-state index contributed by atoms with van der Waals surface area (Å²) in [5.74, 6) is 0.348. The van der Waals surface area contributed by atoms with Crippen molar-refractivity contribution >= 4 is 11.7 Å². The van der Waals surface area contributed by atoms with Crippen molar-refractivity contribution in [3.63, 3.8) is 0 Å². The lowest BCUT2D eigenvalue weighted by Gasteiger charge is -2.34. The van der Waals surface area contributed by atoms with Gasteiger partial charge in [0, 0.05) is 32.9 Å². The Hall–Kier alpha value is -1.75. The predicted octanol–water partition coefficient (Wildman–Crippen LogP) is 2.26. The number of anilines is 1. The van der Waals surface area contributed by atoms with Crippen molar-refractivity contribution in [1.29, 1.82) is 0 Å². The summed E-state index contributed by atoms with van der Waals surface area (Å²) < 4.78 is 10.4. The van der Waals surface area contributed by atoms with Gasteiger partial charge in [-0.3, -0.25) is 0 Å². The minimum absolute atomic E-state index is 0.330. The van der Waals surface area contributed by atoms with Crippen molar-refractivity contribution in [3.05, 3.63) is 23.8 Å². The molecule has 0 unspecified atom stereocenters. The number of methoxy groups -OCH3 is 2.